The van der Waals surface area contributed by atoms with Crippen molar-refractivity contribution in [3.05, 3.63) is 30.0 Å². The number of H-pyrrole nitrogens is 1. The van der Waals surface area contributed by atoms with Crippen LogP contribution < -0.4 is 10.6 Å². The van der Waals surface area contributed by atoms with Gasteiger partial charge in [-0.05, 0) is 43.6 Å². The zero-order valence-corrected chi connectivity index (χ0v) is 15.7. The van der Waals surface area contributed by atoms with Gasteiger partial charge in [-0.1, -0.05) is 25.7 Å². The molecule has 2 fully saturated rings. The van der Waals surface area contributed by atoms with E-state index in [1.54, 1.807) is 0 Å². The highest BCUT2D eigenvalue weighted by Crippen LogP contribution is 2.47. The molecule has 1 atom stereocenters. The zero-order chi connectivity index (χ0) is 19.7. The Bertz CT molecular complexity index is 897. The second-order valence-electron chi connectivity index (χ2n) is 8.30. The second kappa shape index (κ2) is 7.53. The van der Waals surface area contributed by atoms with Crippen LogP contribution in [0.2, 0.25) is 0 Å². The van der Waals surface area contributed by atoms with E-state index in [4.69, 9.17) is 0 Å². The summed E-state index contributed by atoms with van der Waals surface area (Å²) in [5, 5.41) is 5.70. The fourth-order valence-corrected chi connectivity index (χ4v) is 4.98. The molecule has 2 saturated carbocycles. The minimum Gasteiger partial charge on any atom is -0.359 e. The fraction of sp³-hybridized carbons (Fsp3) is 0.524. The first-order valence-corrected chi connectivity index (χ1v) is 10.0. The molecule has 1 aromatic heterocycles. The number of amides is 2. The number of aromatic nitrogens is 1. The molecular formula is C21H25F2N3O2. The molecule has 0 saturated heterocycles. The van der Waals surface area contributed by atoms with Crippen molar-refractivity contribution in [3.63, 3.8) is 0 Å². The Hall–Kier alpha value is -2.44. The van der Waals surface area contributed by atoms with E-state index in [1.165, 1.54) is 44.7 Å². The number of aromatic amines is 1. The van der Waals surface area contributed by atoms with Crippen molar-refractivity contribution in [1.82, 2.24) is 10.3 Å². The van der Waals surface area contributed by atoms with Crippen molar-refractivity contribution in [2.45, 2.75) is 63.8 Å². The van der Waals surface area contributed by atoms with E-state index in [9.17, 15) is 18.4 Å². The van der Waals surface area contributed by atoms with E-state index < -0.39 is 23.4 Å². The first-order chi connectivity index (χ1) is 13.5. The predicted octanol–water partition coefficient (Wildman–Crippen LogP) is 4.39. The Morgan fingerprint density at radius 2 is 1.71 bits per heavy atom. The van der Waals surface area contributed by atoms with Crippen LogP contribution in [0.1, 0.15) is 57.8 Å². The second-order valence-corrected chi connectivity index (χ2v) is 8.30. The highest BCUT2D eigenvalue weighted by molar-refractivity contribution is 6.40. The van der Waals surface area contributed by atoms with Gasteiger partial charge >= 0.3 is 11.8 Å². The highest BCUT2D eigenvalue weighted by Gasteiger charge is 2.38. The number of rotatable bonds is 2. The molecule has 1 heterocycles. The average Bonchev–Trinajstić information content (AvgIpc) is 3.04. The van der Waals surface area contributed by atoms with Crippen LogP contribution in [0.5, 0.6) is 0 Å². The summed E-state index contributed by atoms with van der Waals surface area (Å²) in [6, 6.07) is 2.04. The van der Waals surface area contributed by atoms with Gasteiger partial charge in [-0.15, -0.1) is 0 Å². The smallest absolute Gasteiger partial charge is 0.313 e. The number of hydrogen-bond donors (Lipinski definition) is 3. The standard InChI is InChI=1S/C21H25F2N3O2/c22-15-9-14-17(10-16(15)23)24-12-18(14)26-20(28)19(27)25-13-5-4-8-21(11-13)6-2-1-3-7-21/h9-10,12-13,24H,1-8,11H2,(H,25,27)(H,26,28). The fourth-order valence-electron chi connectivity index (χ4n) is 4.98. The lowest BCUT2D eigenvalue weighted by molar-refractivity contribution is -0.137. The molecule has 1 aromatic carbocycles. The van der Waals surface area contributed by atoms with Crippen LogP contribution in [-0.2, 0) is 9.59 Å². The van der Waals surface area contributed by atoms with Gasteiger partial charge in [0.15, 0.2) is 11.6 Å². The molecule has 2 amide bonds. The van der Waals surface area contributed by atoms with Crippen LogP contribution in [-0.4, -0.2) is 22.8 Å². The molecule has 0 bridgehead atoms. The molecule has 1 spiro atoms. The summed E-state index contributed by atoms with van der Waals surface area (Å²) in [5.41, 5.74) is 0.922. The van der Waals surface area contributed by atoms with Gasteiger partial charge < -0.3 is 15.6 Å². The topological polar surface area (TPSA) is 74.0 Å². The Morgan fingerprint density at radius 3 is 2.50 bits per heavy atom. The highest BCUT2D eigenvalue weighted by atomic mass is 19.2. The first kappa shape index (κ1) is 18.9. The van der Waals surface area contributed by atoms with E-state index in [1.807, 2.05) is 0 Å². The molecule has 3 N–H and O–H groups in total. The van der Waals surface area contributed by atoms with Gasteiger partial charge in [-0.2, -0.15) is 0 Å². The average molecular weight is 389 g/mol. The van der Waals surface area contributed by atoms with Gasteiger partial charge in [0.25, 0.3) is 0 Å². The van der Waals surface area contributed by atoms with Crippen LogP contribution >= 0.6 is 0 Å². The lowest BCUT2D eigenvalue weighted by Crippen LogP contribution is -2.46. The third kappa shape index (κ3) is 3.75. The molecule has 2 aliphatic carbocycles. The Morgan fingerprint density at radius 1 is 1.00 bits per heavy atom. The van der Waals surface area contributed by atoms with E-state index in [2.05, 4.69) is 15.6 Å². The van der Waals surface area contributed by atoms with E-state index in [-0.39, 0.29) is 11.7 Å². The van der Waals surface area contributed by atoms with E-state index in [0.29, 0.717) is 16.3 Å². The van der Waals surface area contributed by atoms with Crippen molar-refractivity contribution >= 4 is 28.4 Å². The number of halogens is 2. The van der Waals surface area contributed by atoms with Crippen molar-refractivity contribution in [3.8, 4) is 0 Å². The van der Waals surface area contributed by atoms with Crippen molar-refractivity contribution in [2.75, 3.05) is 5.32 Å². The number of anilines is 1. The lowest BCUT2D eigenvalue weighted by Gasteiger charge is -2.43. The summed E-state index contributed by atoms with van der Waals surface area (Å²) in [6.45, 7) is 0. The summed E-state index contributed by atoms with van der Waals surface area (Å²) >= 11 is 0. The Kier molecular flexibility index (Phi) is 5.08. The predicted molar refractivity (Wildman–Crippen MR) is 103 cm³/mol. The molecule has 1 unspecified atom stereocenters. The maximum atomic E-state index is 13.5. The minimum atomic E-state index is -1.01. The van der Waals surface area contributed by atoms with Gasteiger partial charge in [0.2, 0.25) is 0 Å². The largest absolute Gasteiger partial charge is 0.359 e. The lowest BCUT2D eigenvalue weighted by atomic mass is 9.64. The Labute approximate surface area is 162 Å². The van der Waals surface area contributed by atoms with Gasteiger partial charge in [-0.3, -0.25) is 9.59 Å². The van der Waals surface area contributed by atoms with Gasteiger partial charge in [0.1, 0.15) is 0 Å². The van der Waals surface area contributed by atoms with Crippen LogP contribution in [0.4, 0.5) is 14.5 Å². The van der Waals surface area contributed by atoms with Gasteiger partial charge in [-0.25, -0.2) is 8.78 Å². The molecule has 4 rings (SSSR count). The van der Waals surface area contributed by atoms with Crippen molar-refractivity contribution < 1.29 is 18.4 Å². The molecule has 150 valence electrons. The zero-order valence-electron chi connectivity index (χ0n) is 15.7. The number of benzene rings is 1. The number of carbonyl (C=O) groups excluding carboxylic acids is 2. The normalized spacial score (nSPS) is 21.6. The maximum absolute atomic E-state index is 13.5. The van der Waals surface area contributed by atoms with Crippen LogP contribution in [0.15, 0.2) is 18.3 Å². The quantitative estimate of drug-likeness (QED) is 0.666. The summed E-state index contributed by atoms with van der Waals surface area (Å²) in [7, 11) is 0. The number of fused-ring (bicyclic) bond motifs is 1. The Balaban J connectivity index is 1.40. The maximum Gasteiger partial charge on any atom is 0.313 e. The van der Waals surface area contributed by atoms with Gasteiger partial charge in [0, 0.05) is 23.7 Å². The number of carbonyl (C=O) groups is 2. The molecule has 0 radical (unpaired) electrons. The van der Waals surface area contributed by atoms with Crippen molar-refractivity contribution in [2.24, 2.45) is 5.41 Å². The molecule has 7 heteroatoms. The van der Waals surface area contributed by atoms with Crippen LogP contribution in [0.25, 0.3) is 10.9 Å². The summed E-state index contributed by atoms with van der Waals surface area (Å²) < 4.78 is 26.8. The first-order valence-electron chi connectivity index (χ1n) is 10.0. The summed E-state index contributed by atoms with van der Waals surface area (Å²) in [6.07, 6.45) is 11.7. The summed E-state index contributed by atoms with van der Waals surface area (Å²) in [4.78, 5) is 27.5. The molecule has 0 aliphatic heterocycles. The molecular weight excluding hydrogens is 364 g/mol. The monoisotopic (exact) mass is 389 g/mol. The summed E-state index contributed by atoms with van der Waals surface area (Å²) in [5.74, 6) is -3.46. The minimum absolute atomic E-state index is 0.0135. The molecule has 2 aromatic rings. The number of nitrogens with one attached hydrogen (secondary N) is 3. The van der Waals surface area contributed by atoms with E-state index >= 15 is 0 Å². The molecule has 2 aliphatic rings. The molecule has 28 heavy (non-hydrogen) atoms. The van der Waals surface area contributed by atoms with Crippen LogP contribution in [0, 0.1) is 17.0 Å². The van der Waals surface area contributed by atoms with Gasteiger partial charge in [0.05, 0.1) is 11.2 Å². The third-order valence-corrected chi connectivity index (χ3v) is 6.37. The number of hydrogen-bond acceptors (Lipinski definition) is 2. The van der Waals surface area contributed by atoms with Crippen LogP contribution in [0.3, 0.4) is 0 Å². The SMILES string of the molecule is O=C(Nc1c[nH]c2cc(F)c(F)cc12)C(=O)NC1CCCC2(CCCCC2)C1. The molecule has 5 nitrogen and oxygen atoms in total. The van der Waals surface area contributed by atoms with Crippen molar-refractivity contribution in [1.29, 1.82) is 0 Å². The van der Waals surface area contributed by atoms with E-state index in [0.717, 1.165) is 31.4 Å². The third-order valence-electron chi connectivity index (χ3n) is 6.37.